The molecule has 1 amide bonds. The largest absolute Gasteiger partial charge is 0.480 e. The molecule has 1 saturated heterocycles. The van der Waals surface area contributed by atoms with E-state index in [1.54, 1.807) is 24.3 Å². The Balaban J connectivity index is 2.17. The fraction of sp³-hybridized carbons (Fsp3) is 0.0833. The molecule has 5 nitrogen and oxygen atoms in total. The molecule has 0 saturated carbocycles. The minimum absolute atomic E-state index is 0.248. The second-order valence-electron chi connectivity index (χ2n) is 3.72. The Morgan fingerprint density at radius 3 is 2.85 bits per heavy atom. The molecular formula is C12H8ClNO4S2. The predicted octanol–water partition coefficient (Wildman–Crippen LogP) is 2.29. The highest BCUT2D eigenvalue weighted by molar-refractivity contribution is 8.26. The van der Waals surface area contributed by atoms with Crippen molar-refractivity contribution in [2.75, 3.05) is 6.61 Å². The zero-order chi connectivity index (χ0) is 14.7. The van der Waals surface area contributed by atoms with Gasteiger partial charge in [0.1, 0.15) is 10.1 Å². The molecule has 104 valence electrons. The average molecular weight is 330 g/mol. The number of amides is 1. The number of thiocarbonyl (C=S) groups is 1. The van der Waals surface area contributed by atoms with E-state index in [-0.39, 0.29) is 16.7 Å². The van der Waals surface area contributed by atoms with Crippen molar-refractivity contribution in [1.82, 2.24) is 5.32 Å². The fourth-order valence-electron chi connectivity index (χ4n) is 1.44. The van der Waals surface area contributed by atoms with Crippen LogP contribution in [0.25, 0.3) is 6.08 Å². The van der Waals surface area contributed by atoms with Crippen molar-refractivity contribution >= 4 is 57.9 Å². The minimum atomic E-state index is -1.08. The van der Waals surface area contributed by atoms with Gasteiger partial charge < -0.3 is 15.2 Å². The van der Waals surface area contributed by atoms with E-state index in [2.05, 4.69) is 5.32 Å². The molecule has 1 aromatic rings. The third kappa shape index (κ3) is 3.72. The van der Waals surface area contributed by atoms with E-state index < -0.39 is 12.6 Å². The highest BCUT2D eigenvalue weighted by atomic mass is 35.5. The number of carboxylic acid groups (broad SMARTS) is 1. The zero-order valence-electron chi connectivity index (χ0n) is 9.88. The second kappa shape index (κ2) is 6.25. The normalized spacial score (nSPS) is 16.4. The molecule has 0 bridgehead atoms. The van der Waals surface area contributed by atoms with Crippen LogP contribution in [0.3, 0.4) is 0 Å². The van der Waals surface area contributed by atoms with Gasteiger partial charge >= 0.3 is 5.97 Å². The van der Waals surface area contributed by atoms with Crippen LogP contribution >= 0.6 is 35.6 Å². The van der Waals surface area contributed by atoms with Gasteiger partial charge in [-0.2, -0.15) is 0 Å². The number of carbonyl (C=O) groups excluding carboxylic acids is 1. The number of hydrogen-bond donors (Lipinski definition) is 2. The first-order valence-corrected chi connectivity index (χ1v) is 6.95. The van der Waals surface area contributed by atoms with Crippen LogP contribution in [0.4, 0.5) is 0 Å². The summed E-state index contributed by atoms with van der Waals surface area (Å²) in [4.78, 5) is 22.4. The van der Waals surface area contributed by atoms with Crippen LogP contribution in [0.1, 0.15) is 5.56 Å². The molecule has 1 aromatic carbocycles. The molecule has 0 atom stereocenters. The molecule has 1 fully saturated rings. The lowest BCUT2D eigenvalue weighted by atomic mass is 10.2. The Bertz CT molecular complexity index is 630. The van der Waals surface area contributed by atoms with Crippen LogP contribution < -0.4 is 10.1 Å². The first-order valence-electron chi connectivity index (χ1n) is 5.34. The molecule has 8 heteroatoms. The van der Waals surface area contributed by atoms with Crippen molar-refractivity contribution in [2.24, 2.45) is 0 Å². The quantitative estimate of drug-likeness (QED) is 0.652. The van der Waals surface area contributed by atoms with Crippen LogP contribution in [-0.4, -0.2) is 27.9 Å². The van der Waals surface area contributed by atoms with E-state index in [0.29, 0.717) is 14.8 Å². The van der Waals surface area contributed by atoms with E-state index in [1.807, 2.05) is 0 Å². The number of nitrogens with one attached hydrogen (secondary N) is 1. The van der Waals surface area contributed by atoms with Gasteiger partial charge in [0, 0.05) is 0 Å². The molecule has 2 rings (SSSR count). The summed E-state index contributed by atoms with van der Waals surface area (Å²) >= 11 is 12.0. The van der Waals surface area contributed by atoms with Crippen LogP contribution in [0, 0.1) is 0 Å². The van der Waals surface area contributed by atoms with Crippen molar-refractivity contribution in [2.45, 2.75) is 0 Å². The van der Waals surface area contributed by atoms with Crippen molar-refractivity contribution in [3.05, 3.63) is 33.7 Å². The smallest absolute Gasteiger partial charge is 0.341 e. The molecule has 2 N–H and O–H groups in total. The average Bonchev–Trinajstić information content (AvgIpc) is 2.66. The molecule has 0 aliphatic carbocycles. The summed E-state index contributed by atoms with van der Waals surface area (Å²) < 4.78 is 5.41. The lowest BCUT2D eigenvalue weighted by Crippen LogP contribution is -2.17. The van der Waals surface area contributed by atoms with Crippen LogP contribution in [0.2, 0.25) is 5.02 Å². The Hall–Kier alpha value is -1.57. The van der Waals surface area contributed by atoms with Crippen LogP contribution in [-0.2, 0) is 9.59 Å². The topological polar surface area (TPSA) is 75.6 Å². The molecule has 1 heterocycles. The standard InChI is InChI=1S/C12H8ClNO4S2/c13-7-3-6(1-2-8(7)18-5-10(15)16)4-9-11(17)14-12(19)20-9/h1-4H,5H2,(H,15,16)(H,14,17,19)/b9-4-. The molecule has 0 unspecified atom stereocenters. The summed E-state index contributed by atoms with van der Waals surface area (Å²) in [5.74, 6) is -1.06. The molecule has 0 spiro atoms. The first kappa shape index (κ1) is 14.8. The van der Waals surface area contributed by atoms with Crippen LogP contribution in [0.15, 0.2) is 23.1 Å². The number of halogens is 1. The maximum atomic E-state index is 11.5. The van der Waals surface area contributed by atoms with Gasteiger partial charge in [-0.25, -0.2) is 4.79 Å². The van der Waals surface area contributed by atoms with Gasteiger partial charge in [-0.1, -0.05) is 41.6 Å². The molecule has 1 aliphatic rings. The maximum Gasteiger partial charge on any atom is 0.341 e. The highest BCUT2D eigenvalue weighted by Crippen LogP contribution is 2.29. The van der Waals surface area contributed by atoms with E-state index in [1.165, 1.54) is 11.8 Å². The van der Waals surface area contributed by atoms with Gasteiger partial charge in [-0.15, -0.1) is 0 Å². The Morgan fingerprint density at radius 1 is 1.55 bits per heavy atom. The van der Waals surface area contributed by atoms with Gasteiger partial charge in [-0.3, -0.25) is 4.79 Å². The summed E-state index contributed by atoms with van der Waals surface area (Å²) in [6, 6.07) is 4.81. The van der Waals surface area contributed by atoms with E-state index in [4.69, 9.17) is 33.7 Å². The van der Waals surface area contributed by atoms with E-state index >= 15 is 0 Å². The lowest BCUT2D eigenvalue weighted by Gasteiger charge is -2.06. The van der Waals surface area contributed by atoms with Crippen molar-refractivity contribution in [1.29, 1.82) is 0 Å². The van der Waals surface area contributed by atoms with Crippen molar-refractivity contribution in [3.63, 3.8) is 0 Å². The van der Waals surface area contributed by atoms with Gasteiger partial charge in [0.05, 0.1) is 9.93 Å². The SMILES string of the molecule is O=C(O)COc1ccc(/C=C2\SC(=S)NC2=O)cc1Cl. The predicted molar refractivity (Wildman–Crippen MR) is 80.9 cm³/mol. The second-order valence-corrected chi connectivity index (χ2v) is 5.85. The van der Waals surface area contributed by atoms with E-state index in [9.17, 15) is 9.59 Å². The fourth-order valence-corrected chi connectivity index (χ4v) is 2.72. The molecule has 20 heavy (non-hydrogen) atoms. The third-order valence-electron chi connectivity index (χ3n) is 2.25. The van der Waals surface area contributed by atoms with Gasteiger partial charge in [-0.05, 0) is 23.8 Å². The van der Waals surface area contributed by atoms with Gasteiger partial charge in [0.25, 0.3) is 5.91 Å². The molecule has 1 aliphatic heterocycles. The number of carbonyl (C=O) groups is 2. The number of thioether (sulfide) groups is 1. The van der Waals surface area contributed by atoms with Gasteiger partial charge in [0.15, 0.2) is 6.61 Å². The maximum absolute atomic E-state index is 11.5. The number of aliphatic carboxylic acids is 1. The monoisotopic (exact) mass is 329 g/mol. The number of carboxylic acids is 1. The van der Waals surface area contributed by atoms with Crippen LogP contribution in [0.5, 0.6) is 5.75 Å². The first-order chi connectivity index (χ1) is 9.45. The molecule has 0 radical (unpaired) electrons. The van der Waals surface area contributed by atoms with E-state index in [0.717, 1.165) is 0 Å². The minimum Gasteiger partial charge on any atom is -0.480 e. The summed E-state index contributed by atoms with van der Waals surface area (Å²) in [5.41, 5.74) is 0.694. The number of benzene rings is 1. The summed E-state index contributed by atoms with van der Waals surface area (Å²) in [7, 11) is 0. The summed E-state index contributed by atoms with van der Waals surface area (Å²) in [6.07, 6.45) is 1.64. The van der Waals surface area contributed by atoms with Crippen molar-refractivity contribution < 1.29 is 19.4 Å². The summed E-state index contributed by atoms with van der Waals surface area (Å²) in [6.45, 7) is -0.466. The highest BCUT2D eigenvalue weighted by Gasteiger charge is 2.22. The number of ether oxygens (including phenoxy) is 1. The lowest BCUT2D eigenvalue weighted by molar-refractivity contribution is -0.139. The molecule has 0 aromatic heterocycles. The zero-order valence-corrected chi connectivity index (χ0v) is 12.3. The Morgan fingerprint density at radius 2 is 2.30 bits per heavy atom. The number of rotatable bonds is 4. The summed E-state index contributed by atoms with van der Waals surface area (Å²) in [5, 5.41) is 11.3. The van der Waals surface area contributed by atoms with Crippen molar-refractivity contribution in [3.8, 4) is 5.75 Å². The Labute approximate surface area is 128 Å². The van der Waals surface area contributed by atoms with Gasteiger partial charge in [0.2, 0.25) is 0 Å². The third-order valence-corrected chi connectivity index (χ3v) is 3.70. The molecular weight excluding hydrogens is 322 g/mol. The number of hydrogen-bond acceptors (Lipinski definition) is 5. The Kier molecular flexibility index (Phi) is 4.64.